The molecule has 0 bridgehead atoms. The van der Waals surface area contributed by atoms with Gasteiger partial charge in [0.1, 0.15) is 11.5 Å². The third-order valence-corrected chi connectivity index (χ3v) is 4.14. The van der Waals surface area contributed by atoms with Gasteiger partial charge in [-0.1, -0.05) is 24.3 Å². The number of piperazine rings is 1. The van der Waals surface area contributed by atoms with Gasteiger partial charge < -0.3 is 20.8 Å². The van der Waals surface area contributed by atoms with Crippen LogP contribution < -0.4 is 10.6 Å². The Kier molecular flexibility index (Phi) is 4.61. The second kappa shape index (κ2) is 6.81. The summed E-state index contributed by atoms with van der Waals surface area (Å²) in [5, 5.41) is 25.8. The lowest BCUT2D eigenvalue weighted by Gasteiger charge is -2.31. The van der Waals surface area contributed by atoms with Crippen molar-refractivity contribution < 1.29 is 10.2 Å². The van der Waals surface area contributed by atoms with Gasteiger partial charge in [0, 0.05) is 25.2 Å². The summed E-state index contributed by atoms with van der Waals surface area (Å²) in [6.45, 7) is 1.87. The quantitative estimate of drug-likeness (QED) is 0.695. The highest BCUT2D eigenvalue weighted by atomic mass is 16.3. The summed E-state index contributed by atoms with van der Waals surface area (Å²) in [6.07, 6.45) is 1.92. The lowest BCUT2D eigenvalue weighted by molar-refractivity contribution is 0.342. The number of phenols is 2. The minimum atomic E-state index is 0.312. The highest BCUT2D eigenvalue weighted by Crippen LogP contribution is 2.14. The van der Waals surface area contributed by atoms with Crippen LogP contribution in [0.2, 0.25) is 0 Å². The molecular weight excluding hydrogens is 276 g/mol. The molecule has 0 saturated carbocycles. The van der Waals surface area contributed by atoms with Gasteiger partial charge in [0.25, 0.3) is 0 Å². The molecule has 0 aliphatic carbocycles. The van der Waals surface area contributed by atoms with Crippen molar-refractivity contribution in [3.8, 4) is 11.5 Å². The van der Waals surface area contributed by atoms with Crippen LogP contribution in [-0.4, -0.2) is 35.4 Å². The minimum absolute atomic E-state index is 0.312. The van der Waals surface area contributed by atoms with Crippen LogP contribution in [0.15, 0.2) is 48.5 Å². The Labute approximate surface area is 130 Å². The maximum Gasteiger partial charge on any atom is 0.115 e. The number of nitrogens with one attached hydrogen (secondary N) is 2. The van der Waals surface area contributed by atoms with Crippen molar-refractivity contribution in [1.82, 2.24) is 10.6 Å². The zero-order valence-corrected chi connectivity index (χ0v) is 12.5. The maximum absolute atomic E-state index is 9.31. The molecule has 0 aromatic heterocycles. The zero-order chi connectivity index (χ0) is 15.4. The van der Waals surface area contributed by atoms with Crippen molar-refractivity contribution in [2.45, 2.75) is 24.9 Å². The normalized spacial score (nSPS) is 21.6. The fraction of sp³-hybridized carbons (Fsp3) is 0.333. The number of rotatable bonds is 4. The molecule has 0 radical (unpaired) electrons. The Morgan fingerprint density at radius 1 is 0.682 bits per heavy atom. The van der Waals surface area contributed by atoms with Crippen LogP contribution in [-0.2, 0) is 12.8 Å². The number of hydrogen-bond acceptors (Lipinski definition) is 4. The zero-order valence-electron chi connectivity index (χ0n) is 12.5. The molecule has 0 amide bonds. The van der Waals surface area contributed by atoms with E-state index in [2.05, 4.69) is 10.6 Å². The van der Waals surface area contributed by atoms with Crippen LogP contribution in [0.3, 0.4) is 0 Å². The van der Waals surface area contributed by atoms with Crippen LogP contribution in [0.5, 0.6) is 11.5 Å². The van der Waals surface area contributed by atoms with Gasteiger partial charge in [0.2, 0.25) is 0 Å². The number of benzene rings is 2. The fourth-order valence-corrected chi connectivity index (χ4v) is 2.88. The molecule has 0 spiro atoms. The van der Waals surface area contributed by atoms with E-state index in [1.807, 2.05) is 24.3 Å². The van der Waals surface area contributed by atoms with Crippen LogP contribution in [0.1, 0.15) is 11.1 Å². The van der Waals surface area contributed by atoms with E-state index in [0.29, 0.717) is 23.6 Å². The van der Waals surface area contributed by atoms with Gasteiger partial charge in [0.05, 0.1) is 0 Å². The van der Waals surface area contributed by atoms with Gasteiger partial charge in [-0.3, -0.25) is 0 Å². The molecule has 1 aliphatic rings. The average Bonchev–Trinajstić information content (AvgIpc) is 2.54. The van der Waals surface area contributed by atoms with Gasteiger partial charge in [-0.25, -0.2) is 0 Å². The predicted octanol–water partition coefficient (Wildman–Crippen LogP) is 1.81. The summed E-state index contributed by atoms with van der Waals surface area (Å²) in [6, 6.07) is 15.7. The Morgan fingerprint density at radius 2 is 1.05 bits per heavy atom. The van der Waals surface area contributed by atoms with Gasteiger partial charge in [-0.2, -0.15) is 0 Å². The van der Waals surface area contributed by atoms with E-state index in [4.69, 9.17) is 0 Å². The van der Waals surface area contributed by atoms with E-state index >= 15 is 0 Å². The lowest BCUT2D eigenvalue weighted by atomic mass is 10.00. The van der Waals surface area contributed by atoms with E-state index in [9.17, 15) is 10.2 Å². The summed E-state index contributed by atoms with van der Waals surface area (Å²) in [5.41, 5.74) is 2.46. The molecule has 4 nitrogen and oxygen atoms in total. The minimum Gasteiger partial charge on any atom is -0.508 e. The lowest BCUT2D eigenvalue weighted by Crippen LogP contribution is -2.55. The fourth-order valence-electron chi connectivity index (χ4n) is 2.88. The SMILES string of the molecule is Oc1ccc(C[C@@H]2CN[C@H](Cc3ccc(O)cc3)CN2)cc1. The highest BCUT2D eigenvalue weighted by Gasteiger charge is 2.20. The molecule has 4 heteroatoms. The average molecular weight is 298 g/mol. The van der Waals surface area contributed by atoms with E-state index in [-0.39, 0.29) is 0 Å². The second-order valence-electron chi connectivity index (χ2n) is 5.95. The Morgan fingerprint density at radius 3 is 1.36 bits per heavy atom. The van der Waals surface area contributed by atoms with Crippen LogP contribution in [0, 0.1) is 0 Å². The number of aromatic hydroxyl groups is 2. The molecule has 116 valence electrons. The number of hydrogen-bond donors (Lipinski definition) is 4. The topological polar surface area (TPSA) is 64.5 Å². The molecule has 2 atom stereocenters. The highest BCUT2D eigenvalue weighted by molar-refractivity contribution is 5.27. The molecule has 1 aliphatic heterocycles. The monoisotopic (exact) mass is 298 g/mol. The summed E-state index contributed by atoms with van der Waals surface area (Å²) < 4.78 is 0. The van der Waals surface area contributed by atoms with Crippen LogP contribution in [0.4, 0.5) is 0 Å². The first-order valence-electron chi connectivity index (χ1n) is 7.71. The third-order valence-electron chi connectivity index (χ3n) is 4.14. The smallest absolute Gasteiger partial charge is 0.115 e. The molecular formula is C18H22N2O2. The first-order chi connectivity index (χ1) is 10.7. The van der Waals surface area contributed by atoms with Gasteiger partial charge in [0.15, 0.2) is 0 Å². The second-order valence-corrected chi connectivity index (χ2v) is 5.95. The van der Waals surface area contributed by atoms with Gasteiger partial charge >= 0.3 is 0 Å². The molecule has 22 heavy (non-hydrogen) atoms. The van der Waals surface area contributed by atoms with E-state index in [1.165, 1.54) is 11.1 Å². The first kappa shape index (κ1) is 14.9. The maximum atomic E-state index is 9.31. The van der Waals surface area contributed by atoms with Crippen molar-refractivity contribution in [2.24, 2.45) is 0 Å². The van der Waals surface area contributed by atoms with Crippen molar-refractivity contribution >= 4 is 0 Å². The Balaban J connectivity index is 1.47. The standard InChI is InChI=1S/C18H22N2O2/c21-17-5-1-13(2-6-17)9-15-11-20-16(12-19-15)10-14-3-7-18(22)8-4-14/h1-8,15-16,19-22H,9-12H2/t15-,16-/m1/s1. The van der Waals surface area contributed by atoms with E-state index in [1.54, 1.807) is 24.3 Å². The van der Waals surface area contributed by atoms with Crippen LogP contribution in [0.25, 0.3) is 0 Å². The summed E-state index contributed by atoms with van der Waals surface area (Å²) in [7, 11) is 0. The third kappa shape index (κ3) is 4.00. The molecule has 2 aromatic carbocycles. The van der Waals surface area contributed by atoms with Crippen molar-refractivity contribution in [2.75, 3.05) is 13.1 Å². The Bertz CT molecular complexity index is 532. The number of phenolic OH excluding ortho intramolecular Hbond substituents is 2. The molecule has 3 rings (SSSR count). The molecule has 4 N–H and O–H groups in total. The largest absolute Gasteiger partial charge is 0.508 e. The summed E-state index contributed by atoms with van der Waals surface area (Å²) in [4.78, 5) is 0. The summed E-state index contributed by atoms with van der Waals surface area (Å²) in [5.74, 6) is 0.625. The van der Waals surface area contributed by atoms with Crippen molar-refractivity contribution in [3.05, 3.63) is 59.7 Å². The molecule has 1 fully saturated rings. The first-order valence-corrected chi connectivity index (χ1v) is 7.71. The van der Waals surface area contributed by atoms with Gasteiger partial charge in [-0.15, -0.1) is 0 Å². The van der Waals surface area contributed by atoms with Crippen molar-refractivity contribution in [3.63, 3.8) is 0 Å². The van der Waals surface area contributed by atoms with Crippen molar-refractivity contribution in [1.29, 1.82) is 0 Å². The van der Waals surface area contributed by atoms with Crippen LogP contribution >= 0.6 is 0 Å². The Hall–Kier alpha value is -2.04. The summed E-state index contributed by atoms with van der Waals surface area (Å²) >= 11 is 0. The molecule has 2 aromatic rings. The molecule has 1 heterocycles. The van der Waals surface area contributed by atoms with E-state index < -0.39 is 0 Å². The molecule has 0 unspecified atom stereocenters. The molecule has 1 saturated heterocycles. The van der Waals surface area contributed by atoms with Gasteiger partial charge in [-0.05, 0) is 48.2 Å². The van der Waals surface area contributed by atoms with E-state index in [0.717, 1.165) is 25.9 Å². The predicted molar refractivity (Wildman–Crippen MR) is 87.2 cm³/mol.